The third-order valence-corrected chi connectivity index (χ3v) is 7.15. The molecule has 1 aromatic carbocycles. The summed E-state index contributed by atoms with van der Waals surface area (Å²) in [6, 6.07) is 8.40. The molecule has 8 heteroatoms. The number of amides is 1. The van der Waals surface area contributed by atoms with Crippen molar-refractivity contribution in [3.63, 3.8) is 0 Å². The Morgan fingerprint density at radius 2 is 1.93 bits per heavy atom. The fraction of sp³-hybridized carbons (Fsp3) is 0.429. The molecule has 2 aliphatic heterocycles. The normalized spacial score (nSPS) is 18.3. The molecule has 3 heterocycles. The van der Waals surface area contributed by atoms with Crippen LogP contribution in [0.4, 0.5) is 5.69 Å². The zero-order valence-electron chi connectivity index (χ0n) is 16.5. The van der Waals surface area contributed by atoms with Crippen molar-refractivity contribution >= 4 is 21.6 Å². The number of hydrogen-bond donors (Lipinski definition) is 1. The van der Waals surface area contributed by atoms with Gasteiger partial charge in [-0.3, -0.25) is 19.4 Å². The minimum absolute atomic E-state index is 0.0950. The van der Waals surface area contributed by atoms with Crippen molar-refractivity contribution in [2.75, 3.05) is 24.4 Å². The first-order valence-electron chi connectivity index (χ1n) is 10.0. The van der Waals surface area contributed by atoms with Gasteiger partial charge in [0.15, 0.2) is 0 Å². The van der Waals surface area contributed by atoms with Gasteiger partial charge in [0.05, 0.1) is 22.8 Å². The molecule has 1 amide bonds. The van der Waals surface area contributed by atoms with E-state index in [2.05, 4.69) is 14.6 Å². The molecule has 1 fully saturated rings. The summed E-state index contributed by atoms with van der Waals surface area (Å²) in [7, 11) is -3.68. The number of nitrogens with zero attached hydrogens (tertiary/aromatic N) is 3. The van der Waals surface area contributed by atoms with Crippen LogP contribution >= 0.6 is 0 Å². The summed E-state index contributed by atoms with van der Waals surface area (Å²) in [5.41, 5.74) is 2.42. The SMILES string of the molecule is C[C@@H](C(=O)N1CCc2cc(S(=O)(=O)Nc3cccnc3)ccc2C1)N1CCCC1. The molecule has 7 nitrogen and oxygen atoms in total. The van der Waals surface area contributed by atoms with Crippen LogP contribution in [0, 0.1) is 0 Å². The van der Waals surface area contributed by atoms with Gasteiger partial charge in [-0.15, -0.1) is 0 Å². The quantitative estimate of drug-likeness (QED) is 0.811. The number of rotatable bonds is 5. The lowest BCUT2D eigenvalue weighted by molar-refractivity contribution is -0.137. The number of aromatic nitrogens is 1. The maximum Gasteiger partial charge on any atom is 0.261 e. The van der Waals surface area contributed by atoms with E-state index in [1.54, 1.807) is 30.5 Å². The van der Waals surface area contributed by atoms with Crippen LogP contribution in [0.25, 0.3) is 0 Å². The third-order valence-electron chi connectivity index (χ3n) is 5.77. The summed E-state index contributed by atoms with van der Waals surface area (Å²) >= 11 is 0. The van der Waals surface area contributed by atoms with Crippen LogP contribution < -0.4 is 4.72 Å². The van der Waals surface area contributed by atoms with E-state index in [0.29, 0.717) is 25.2 Å². The van der Waals surface area contributed by atoms with Gasteiger partial charge >= 0.3 is 0 Å². The van der Waals surface area contributed by atoms with E-state index in [-0.39, 0.29) is 16.8 Å². The topological polar surface area (TPSA) is 82.6 Å². The average Bonchev–Trinajstić information content (AvgIpc) is 3.27. The summed E-state index contributed by atoms with van der Waals surface area (Å²) in [6.07, 6.45) is 6.04. The van der Waals surface area contributed by atoms with Crippen LogP contribution in [0.3, 0.4) is 0 Å². The maximum absolute atomic E-state index is 12.9. The number of carbonyl (C=O) groups is 1. The standard InChI is InChI=1S/C21H26N4O3S/c1-16(24-10-2-3-11-24)21(26)25-12-8-17-13-20(7-6-18(17)15-25)29(27,28)23-19-5-4-9-22-14-19/h4-7,9,13-14,16,23H,2-3,8,10-12,15H2,1H3/t16-/m0/s1. The molecule has 1 N–H and O–H groups in total. The van der Waals surface area contributed by atoms with Crippen molar-refractivity contribution in [1.29, 1.82) is 0 Å². The number of benzene rings is 1. The number of carbonyl (C=O) groups excluding carboxylic acids is 1. The van der Waals surface area contributed by atoms with Crippen molar-refractivity contribution in [1.82, 2.24) is 14.8 Å². The first kappa shape index (κ1) is 19.8. The van der Waals surface area contributed by atoms with Crippen molar-refractivity contribution in [3.8, 4) is 0 Å². The Bertz CT molecular complexity index is 988. The van der Waals surface area contributed by atoms with Gasteiger partial charge in [-0.05, 0) is 74.7 Å². The molecule has 4 rings (SSSR count). The van der Waals surface area contributed by atoms with Crippen LogP contribution in [-0.2, 0) is 27.8 Å². The number of pyridine rings is 1. The van der Waals surface area contributed by atoms with E-state index in [4.69, 9.17) is 0 Å². The van der Waals surface area contributed by atoms with Gasteiger partial charge in [-0.1, -0.05) is 6.07 Å². The Hall–Kier alpha value is -2.45. The summed E-state index contributed by atoms with van der Waals surface area (Å²) in [5.74, 6) is 0.160. The second kappa shape index (κ2) is 8.12. The van der Waals surface area contributed by atoms with E-state index in [9.17, 15) is 13.2 Å². The Morgan fingerprint density at radius 1 is 1.14 bits per heavy atom. The lowest BCUT2D eigenvalue weighted by Gasteiger charge is -2.33. The van der Waals surface area contributed by atoms with Crippen LogP contribution in [0.2, 0.25) is 0 Å². The molecule has 2 aromatic rings. The van der Waals surface area contributed by atoms with Crippen LogP contribution in [0.15, 0.2) is 47.6 Å². The number of nitrogens with one attached hydrogen (secondary N) is 1. The van der Waals surface area contributed by atoms with Crippen LogP contribution in [0.1, 0.15) is 30.9 Å². The highest BCUT2D eigenvalue weighted by atomic mass is 32.2. The Labute approximate surface area is 171 Å². The smallest absolute Gasteiger partial charge is 0.261 e. The van der Waals surface area contributed by atoms with Crippen molar-refractivity contribution < 1.29 is 13.2 Å². The number of likely N-dealkylation sites (tertiary alicyclic amines) is 1. The molecule has 0 aliphatic carbocycles. The molecule has 0 unspecified atom stereocenters. The van der Waals surface area contributed by atoms with Crippen LogP contribution in [0.5, 0.6) is 0 Å². The van der Waals surface area contributed by atoms with E-state index in [1.165, 1.54) is 6.20 Å². The van der Waals surface area contributed by atoms with Crippen molar-refractivity contribution in [3.05, 3.63) is 53.9 Å². The number of fused-ring (bicyclic) bond motifs is 1. The molecule has 1 saturated heterocycles. The molecule has 29 heavy (non-hydrogen) atoms. The molecule has 0 bridgehead atoms. The third kappa shape index (κ3) is 4.28. The van der Waals surface area contributed by atoms with E-state index in [1.807, 2.05) is 17.9 Å². The fourth-order valence-corrected chi connectivity index (χ4v) is 5.16. The zero-order chi connectivity index (χ0) is 20.4. The summed E-state index contributed by atoms with van der Waals surface area (Å²) in [4.78, 5) is 21.2. The molecule has 1 atom stereocenters. The van der Waals surface area contributed by atoms with Crippen LogP contribution in [-0.4, -0.2) is 54.8 Å². The van der Waals surface area contributed by atoms with Gasteiger partial charge in [0, 0.05) is 19.3 Å². The van der Waals surface area contributed by atoms with Gasteiger partial charge < -0.3 is 4.90 Å². The molecule has 0 saturated carbocycles. The molecule has 1 aromatic heterocycles. The maximum atomic E-state index is 12.9. The minimum atomic E-state index is -3.68. The van der Waals surface area contributed by atoms with E-state index >= 15 is 0 Å². The van der Waals surface area contributed by atoms with E-state index < -0.39 is 10.0 Å². The first-order chi connectivity index (χ1) is 13.9. The molecular weight excluding hydrogens is 388 g/mol. The highest BCUT2D eigenvalue weighted by molar-refractivity contribution is 7.92. The van der Waals surface area contributed by atoms with Gasteiger partial charge in [0.1, 0.15) is 0 Å². The molecule has 154 valence electrons. The predicted octanol–water partition coefficient (Wildman–Crippen LogP) is 2.25. The summed E-state index contributed by atoms with van der Waals surface area (Å²) in [6.45, 7) is 5.11. The van der Waals surface area contributed by atoms with Crippen molar-refractivity contribution in [2.45, 2.75) is 43.7 Å². The van der Waals surface area contributed by atoms with Crippen molar-refractivity contribution in [2.24, 2.45) is 0 Å². The molecule has 2 aliphatic rings. The van der Waals surface area contributed by atoms with Gasteiger partial charge in [-0.25, -0.2) is 8.42 Å². The zero-order valence-corrected chi connectivity index (χ0v) is 17.4. The lowest BCUT2D eigenvalue weighted by atomic mass is 9.99. The molecule has 0 radical (unpaired) electrons. The first-order valence-corrected chi connectivity index (χ1v) is 11.5. The largest absolute Gasteiger partial charge is 0.337 e. The number of sulfonamides is 1. The Morgan fingerprint density at radius 3 is 2.66 bits per heavy atom. The number of hydrogen-bond acceptors (Lipinski definition) is 5. The second-order valence-corrected chi connectivity index (χ2v) is 9.39. The van der Waals surface area contributed by atoms with Gasteiger partial charge in [-0.2, -0.15) is 0 Å². The minimum Gasteiger partial charge on any atom is -0.337 e. The molecular formula is C21H26N4O3S. The fourth-order valence-electron chi connectivity index (χ4n) is 4.07. The average molecular weight is 415 g/mol. The predicted molar refractivity (Wildman–Crippen MR) is 111 cm³/mol. The van der Waals surface area contributed by atoms with Gasteiger partial charge in [0.25, 0.3) is 10.0 Å². The monoisotopic (exact) mass is 414 g/mol. The Kier molecular flexibility index (Phi) is 5.56. The lowest BCUT2D eigenvalue weighted by Crippen LogP contribution is -2.47. The van der Waals surface area contributed by atoms with E-state index in [0.717, 1.165) is 37.1 Å². The summed E-state index contributed by atoms with van der Waals surface area (Å²) < 4.78 is 27.9. The Balaban J connectivity index is 1.47. The summed E-state index contributed by atoms with van der Waals surface area (Å²) in [5, 5.41) is 0. The second-order valence-electron chi connectivity index (χ2n) is 7.71. The highest BCUT2D eigenvalue weighted by Crippen LogP contribution is 2.25. The molecule has 0 spiro atoms. The number of anilines is 1. The highest BCUT2D eigenvalue weighted by Gasteiger charge is 2.30. The van der Waals surface area contributed by atoms with Gasteiger partial charge in [0.2, 0.25) is 5.91 Å².